The molecule has 2 aliphatic heterocycles. The van der Waals surface area contributed by atoms with E-state index in [0.29, 0.717) is 26.1 Å². The predicted octanol–water partition coefficient (Wildman–Crippen LogP) is 0.739. The molecule has 0 aliphatic carbocycles. The summed E-state index contributed by atoms with van der Waals surface area (Å²) in [5.74, 6) is -0.995. The highest BCUT2D eigenvalue weighted by atomic mass is 19.1. The summed E-state index contributed by atoms with van der Waals surface area (Å²) in [6, 6.07) is 3.59. The molecule has 0 aromatic heterocycles. The number of nitrogens with one attached hydrogen (secondary N) is 1. The molecule has 20 heavy (non-hydrogen) atoms. The van der Waals surface area contributed by atoms with Gasteiger partial charge in [-0.2, -0.15) is 0 Å². The van der Waals surface area contributed by atoms with Crippen molar-refractivity contribution in [2.45, 2.75) is 6.42 Å². The van der Waals surface area contributed by atoms with E-state index in [2.05, 4.69) is 5.32 Å². The lowest BCUT2D eigenvalue weighted by Gasteiger charge is -2.23. The minimum absolute atomic E-state index is 0.0278. The molecule has 0 bridgehead atoms. The smallest absolute Gasteiger partial charge is 0.254 e. The Morgan fingerprint density at radius 3 is 2.85 bits per heavy atom. The van der Waals surface area contributed by atoms with E-state index in [9.17, 15) is 19.1 Å². The molecule has 2 amide bonds. The number of nitrogens with zero attached hydrogens (tertiary/aromatic N) is 1. The van der Waals surface area contributed by atoms with Gasteiger partial charge in [-0.25, -0.2) is 4.39 Å². The number of piperidine rings is 1. The fourth-order valence-corrected chi connectivity index (χ4v) is 2.95. The maximum atomic E-state index is 13.0. The lowest BCUT2D eigenvalue weighted by atomic mass is 9.89. The van der Waals surface area contributed by atoms with Gasteiger partial charge < -0.3 is 15.3 Å². The standard InChI is InChI=1S/C14H15FN2O3/c15-11-2-1-8(3-12(11)18)14(20)17-6-9-4-13(19)16-5-10(9)7-17/h1-3,9-10,18H,4-7H2,(H,16,19)/t9-,10+/m1/s1. The summed E-state index contributed by atoms with van der Waals surface area (Å²) in [5.41, 5.74) is 0.266. The number of hydrogen-bond acceptors (Lipinski definition) is 3. The van der Waals surface area contributed by atoms with Crippen molar-refractivity contribution in [1.29, 1.82) is 0 Å². The number of amides is 2. The van der Waals surface area contributed by atoms with Crippen molar-refractivity contribution < 1.29 is 19.1 Å². The maximum Gasteiger partial charge on any atom is 0.254 e. The fraction of sp³-hybridized carbons (Fsp3) is 0.429. The third-order valence-electron chi connectivity index (χ3n) is 4.07. The second-order valence-corrected chi connectivity index (χ2v) is 5.40. The molecule has 1 aromatic rings. The van der Waals surface area contributed by atoms with Gasteiger partial charge in [-0.15, -0.1) is 0 Å². The van der Waals surface area contributed by atoms with Crippen LogP contribution >= 0.6 is 0 Å². The van der Waals surface area contributed by atoms with Gasteiger partial charge in [-0.05, 0) is 30.0 Å². The minimum Gasteiger partial charge on any atom is -0.505 e. The number of phenols is 1. The van der Waals surface area contributed by atoms with E-state index in [4.69, 9.17) is 0 Å². The molecule has 2 aliphatic rings. The van der Waals surface area contributed by atoms with Gasteiger partial charge in [0.05, 0.1) is 0 Å². The zero-order valence-corrected chi connectivity index (χ0v) is 10.8. The molecule has 0 spiro atoms. The van der Waals surface area contributed by atoms with E-state index < -0.39 is 11.6 Å². The molecule has 2 saturated heterocycles. The normalized spacial score (nSPS) is 25.2. The van der Waals surface area contributed by atoms with Crippen LogP contribution in [-0.4, -0.2) is 41.5 Å². The topological polar surface area (TPSA) is 69.6 Å². The van der Waals surface area contributed by atoms with Crippen molar-refractivity contribution >= 4 is 11.8 Å². The Balaban J connectivity index is 1.75. The van der Waals surface area contributed by atoms with Crippen LogP contribution in [0.15, 0.2) is 18.2 Å². The van der Waals surface area contributed by atoms with Gasteiger partial charge in [0.2, 0.25) is 5.91 Å². The minimum atomic E-state index is -0.744. The van der Waals surface area contributed by atoms with Crippen LogP contribution in [0, 0.1) is 17.7 Å². The molecule has 0 radical (unpaired) electrons. The molecule has 2 atom stereocenters. The zero-order chi connectivity index (χ0) is 14.3. The summed E-state index contributed by atoms with van der Waals surface area (Å²) in [6.45, 7) is 1.72. The van der Waals surface area contributed by atoms with Crippen molar-refractivity contribution in [3.05, 3.63) is 29.6 Å². The Hall–Kier alpha value is -2.11. The highest BCUT2D eigenvalue weighted by Gasteiger charge is 2.39. The van der Waals surface area contributed by atoms with Crippen LogP contribution in [0.4, 0.5) is 4.39 Å². The van der Waals surface area contributed by atoms with Gasteiger partial charge in [-0.1, -0.05) is 0 Å². The van der Waals surface area contributed by atoms with E-state index in [1.54, 1.807) is 4.90 Å². The highest BCUT2D eigenvalue weighted by molar-refractivity contribution is 5.95. The monoisotopic (exact) mass is 278 g/mol. The molecule has 6 heteroatoms. The van der Waals surface area contributed by atoms with Gasteiger partial charge in [0.1, 0.15) is 0 Å². The number of benzene rings is 1. The summed E-state index contributed by atoms with van der Waals surface area (Å²) < 4.78 is 13.0. The summed E-state index contributed by atoms with van der Waals surface area (Å²) in [6.07, 6.45) is 0.448. The van der Waals surface area contributed by atoms with E-state index >= 15 is 0 Å². The number of carbonyl (C=O) groups is 2. The van der Waals surface area contributed by atoms with Crippen molar-refractivity contribution in [1.82, 2.24) is 10.2 Å². The largest absolute Gasteiger partial charge is 0.505 e. The Morgan fingerprint density at radius 2 is 2.10 bits per heavy atom. The van der Waals surface area contributed by atoms with Gasteiger partial charge in [0, 0.05) is 31.6 Å². The molecule has 5 nitrogen and oxygen atoms in total. The number of likely N-dealkylation sites (tertiary alicyclic amines) is 1. The third-order valence-corrected chi connectivity index (χ3v) is 4.07. The SMILES string of the molecule is O=C1C[C@@H]2CN(C(=O)c3ccc(F)c(O)c3)C[C@@H]2CN1. The van der Waals surface area contributed by atoms with Crippen molar-refractivity contribution in [2.24, 2.45) is 11.8 Å². The second kappa shape index (κ2) is 4.77. The Labute approximate surface area is 115 Å². The number of aromatic hydroxyl groups is 1. The van der Waals surface area contributed by atoms with Gasteiger partial charge >= 0.3 is 0 Å². The number of halogens is 1. The van der Waals surface area contributed by atoms with Crippen molar-refractivity contribution in [3.8, 4) is 5.75 Å². The average molecular weight is 278 g/mol. The first-order valence-corrected chi connectivity index (χ1v) is 6.59. The van der Waals surface area contributed by atoms with Crippen molar-refractivity contribution in [3.63, 3.8) is 0 Å². The Bertz CT molecular complexity index is 576. The summed E-state index contributed by atoms with van der Waals surface area (Å²) >= 11 is 0. The average Bonchev–Trinajstić information content (AvgIpc) is 2.84. The molecule has 2 heterocycles. The van der Waals surface area contributed by atoms with Crippen LogP contribution in [0.1, 0.15) is 16.8 Å². The molecule has 0 saturated carbocycles. The van der Waals surface area contributed by atoms with Crippen LogP contribution < -0.4 is 5.32 Å². The Kier molecular flexibility index (Phi) is 3.08. The summed E-state index contributed by atoms with van der Waals surface area (Å²) in [4.78, 5) is 25.3. The molecule has 0 unspecified atom stereocenters. The van der Waals surface area contributed by atoms with Crippen LogP contribution in [0.2, 0.25) is 0 Å². The van der Waals surface area contributed by atoms with E-state index in [0.717, 1.165) is 12.1 Å². The number of carbonyl (C=O) groups excluding carboxylic acids is 2. The quantitative estimate of drug-likeness (QED) is 0.796. The zero-order valence-electron chi connectivity index (χ0n) is 10.8. The first-order valence-electron chi connectivity index (χ1n) is 6.59. The van der Waals surface area contributed by atoms with Crippen LogP contribution in [0.3, 0.4) is 0 Å². The molecule has 106 valence electrons. The predicted molar refractivity (Wildman–Crippen MR) is 68.6 cm³/mol. The van der Waals surface area contributed by atoms with Gasteiger partial charge in [-0.3, -0.25) is 9.59 Å². The molecule has 2 fully saturated rings. The lowest BCUT2D eigenvalue weighted by molar-refractivity contribution is -0.124. The van der Waals surface area contributed by atoms with Gasteiger partial charge in [0.25, 0.3) is 5.91 Å². The number of rotatable bonds is 1. The number of hydrogen-bond donors (Lipinski definition) is 2. The fourth-order valence-electron chi connectivity index (χ4n) is 2.95. The molecular weight excluding hydrogens is 263 g/mol. The lowest BCUT2D eigenvalue weighted by Crippen LogP contribution is -2.40. The van der Waals surface area contributed by atoms with Crippen LogP contribution in [0.25, 0.3) is 0 Å². The molecule has 3 rings (SSSR count). The van der Waals surface area contributed by atoms with Gasteiger partial charge in [0.15, 0.2) is 11.6 Å². The maximum absolute atomic E-state index is 13.0. The second-order valence-electron chi connectivity index (χ2n) is 5.40. The molecular formula is C14H15FN2O3. The highest BCUT2D eigenvalue weighted by Crippen LogP contribution is 2.30. The van der Waals surface area contributed by atoms with E-state index in [1.165, 1.54) is 6.07 Å². The molecule has 1 aromatic carbocycles. The van der Waals surface area contributed by atoms with E-state index in [-0.39, 0.29) is 29.2 Å². The summed E-state index contributed by atoms with van der Waals surface area (Å²) in [7, 11) is 0. The number of fused-ring (bicyclic) bond motifs is 1. The van der Waals surface area contributed by atoms with Crippen molar-refractivity contribution in [2.75, 3.05) is 19.6 Å². The number of phenolic OH excluding ortho intramolecular Hbond substituents is 1. The third kappa shape index (κ3) is 2.21. The molecule has 2 N–H and O–H groups in total. The van der Waals surface area contributed by atoms with Crippen LogP contribution in [0.5, 0.6) is 5.75 Å². The first-order chi connectivity index (χ1) is 9.54. The van der Waals surface area contributed by atoms with Crippen LogP contribution in [-0.2, 0) is 4.79 Å². The summed E-state index contributed by atoms with van der Waals surface area (Å²) in [5, 5.41) is 12.1. The Morgan fingerprint density at radius 1 is 1.35 bits per heavy atom. The van der Waals surface area contributed by atoms with E-state index in [1.807, 2.05) is 0 Å². The first kappa shape index (κ1) is 12.9.